The largest absolute Gasteiger partial charge is 0.483 e. The lowest BCUT2D eigenvalue weighted by Crippen LogP contribution is -2.32. The number of rotatable bonds is 7. The summed E-state index contributed by atoms with van der Waals surface area (Å²) in [5.74, 6) is -2.62. The summed E-state index contributed by atoms with van der Waals surface area (Å²) in [5, 5.41) is 13.5. The van der Waals surface area contributed by atoms with Gasteiger partial charge in [-0.2, -0.15) is 0 Å². The molecule has 1 fully saturated rings. The van der Waals surface area contributed by atoms with E-state index in [9.17, 15) is 29.3 Å². The van der Waals surface area contributed by atoms with Crippen molar-refractivity contribution in [2.45, 2.75) is 23.1 Å². The van der Waals surface area contributed by atoms with Gasteiger partial charge in [-0.25, -0.2) is 4.90 Å². The molecule has 0 spiro atoms. The fraction of sp³-hybridized carbons (Fsp3) is 0.172. The average molecular weight is 603 g/mol. The molecule has 11 nitrogen and oxygen atoms in total. The topological polar surface area (TPSA) is 152 Å². The predicted molar refractivity (Wildman–Crippen MR) is 157 cm³/mol. The summed E-state index contributed by atoms with van der Waals surface area (Å²) in [6.45, 7) is 1.64. The molecule has 2 N–H and O–H groups in total. The first-order valence-corrected chi connectivity index (χ1v) is 14.5. The number of para-hydroxylation sites is 1. The minimum Gasteiger partial charge on any atom is -0.483 e. The minimum absolute atomic E-state index is 0.167. The van der Waals surface area contributed by atoms with E-state index in [1.165, 1.54) is 24.3 Å². The number of hydrogen-bond donors (Lipinski definition) is 2. The van der Waals surface area contributed by atoms with Gasteiger partial charge in [0.1, 0.15) is 11.0 Å². The van der Waals surface area contributed by atoms with Crippen molar-refractivity contribution in [3.05, 3.63) is 109 Å². The van der Waals surface area contributed by atoms with Crippen LogP contribution in [0, 0.1) is 23.0 Å². The molecule has 0 aliphatic carbocycles. The highest BCUT2D eigenvalue weighted by Gasteiger charge is 2.56. The molecule has 1 saturated heterocycles. The number of imide groups is 1. The SMILES string of the molecule is Cc1ccc(NC(=O)COc2ccccc2[C@H]2c3sc(=O)[nH]c3SC3C(=O)N(c4ccc([N+](=O)[O-])cc4)C(=O)C32)cc1. The van der Waals surface area contributed by atoms with Crippen molar-refractivity contribution in [1.82, 2.24) is 4.98 Å². The molecular weight excluding hydrogens is 580 g/mol. The van der Waals surface area contributed by atoms with Crippen LogP contribution in [-0.2, 0) is 14.4 Å². The number of nitrogens with zero attached hydrogens (tertiary/aromatic N) is 2. The van der Waals surface area contributed by atoms with Crippen molar-refractivity contribution in [2.24, 2.45) is 5.92 Å². The third-order valence-corrected chi connectivity index (χ3v) is 9.49. The minimum atomic E-state index is -0.886. The number of aryl methyl sites for hydroxylation is 1. The number of thiazole rings is 1. The molecule has 0 saturated carbocycles. The van der Waals surface area contributed by atoms with Gasteiger partial charge in [-0.3, -0.25) is 29.3 Å². The van der Waals surface area contributed by atoms with Crippen LogP contribution in [0.5, 0.6) is 5.75 Å². The maximum atomic E-state index is 13.9. The molecule has 3 atom stereocenters. The lowest BCUT2D eigenvalue weighted by Gasteiger charge is -2.30. The highest BCUT2D eigenvalue weighted by atomic mass is 32.2. The van der Waals surface area contributed by atoms with Crippen LogP contribution in [0.2, 0.25) is 0 Å². The molecule has 2 unspecified atom stereocenters. The van der Waals surface area contributed by atoms with E-state index in [1.54, 1.807) is 36.4 Å². The highest BCUT2D eigenvalue weighted by molar-refractivity contribution is 8.00. The second-order valence-corrected chi connectivity index (χ2v) is 11.9. The van der Waals surface area contributed by atoms with Crippen LogP contribution in [0.25, 0.3) is 0 Å². The molecule has 13 heteroatoms. The van der Waals surface area contributed by atoms with Crippen LogP contribution in [0.3, 0.4) is 0 Å². The Morgan fingerprint density at radius 2 is 1.74 bits per heavy atom. The molecule has 0 radical (unpaired) electrons. The van der Waals surface area contributed by atoms with Crippen LogP contribution < -0.4 is 19.8 Å². The lowest BCUT2D eigenvalue weighted by atomic mass is 9.82. The van der Waals surface area contributed by atoms with E-state index >= 15 is 0 Å². The number of aromatic amines is 1. The number of nitrogens with one attached hydrogen (secondary N) is 2. The van der Waals surface area contributed by atoms with Gasteiger partial charge in [-0.05, 0) is 37.3 Å². The van der Waals surface area contributed by atoms with Crippen molar-refractivity contribution in [2.75, 3.05) is 16.8 Å². The van der Waals surface area contributed by atoms with Gasteiger partial charge in [0, 0.05) is 34.2 Å². The van der Waals surface area contributed by atoms with Gasteiger partial charge in [-0.1, -0.05) is 59.0 Å². The number of nitro benzene ring substituents is 1. The second kappa shape index (κ2) is 10.9. The Labute approximate surface area is 246 Å². The molecule has 42 heavy (non-hydrogen) atoms. The van der Waals surface area contributed by atoms with Gasteiger partial charge in [0.05, 0.1) is 21.6 Å². The molecule has 4 aromatic rings. The molecule has 2 aliphatic heterocycles. The van der Waals surface area contributed by atoms with Crippen LogP contribution in [0.1, 0.15) is 21.9 Å². The zero-order valence-corrected chi connectivity index (χ0v) is 23.6. The fourth-order valence-electron chi connectivity index (χ4n) is 5.18. The molecule has 1 aromatic heterocycles. The standard InChI is InChI=1S/C29H22N4O7S2/c1-15-6-8-16(9-7-15)30-21(34)14-40-20-5-3-2-4-19(20)22-23-25(41-26-24(22)42-29(37)31-26)28(36)32(27(23)35)17-10-12-18(13-11-17)33(38)39/h2-13,22-23,25H,14H2,1H3,(H,30,34)(H,31,37)/t22-,23?,25?/m1/s1. The molecule has 3 amide bonds. The van der Waals surface area contributed by atoms with Crippen LogP contribution in [-0.4, -0.2) is 39.5 Å². The Morgan fingerprint density at radius 3 is 2.45 bits per heavy atom. The Morgan fingerprint density at radius 1 is 1.02 bits per heavy atom. The first-order valence-electron chi connectivity index (χ1n) is 12.8. The molecule has 0 bridgehead atoms. The zero-order valence-electron chi connectivity index (χ0n) is 21.9. The number of carbonyl (C=O) groups is 3. The van der Waals surface area contributed by atoms with E-state index in [0.29, 0.717) is 26.9 Å². The third kappa shape index (κ3) is 4.97. The Balaban J connectivity index is 1.33. The summed E-state index contributed by atoms with van der Waals surface area (Å²) < 4.78 is 5.95. The quantitative estimate of drug-likeness (QED) is 0.179. The van der Waals surface area contributed by atoms with Gasteiger partial charge >= 0.3 is 4.87 Å². The van der Waals surface area contributed by atoms with E-state index < -0.39 is 33.8 Å². The van der Waals surface area contributed by atoms with Crippen LogP contribution in [0.4, 0.5) is 17.1 Å². The number of fused-ring (bicyclic) bond motifs is 2. The first-order chi connectivity index (χ1) is 20.2. The maximum absolute atomic E-state index is 13.9. The number of benzene rings is 3. The number of thioether (sulfide) groups is 1. The highest BCUT2D eigenvalue weighted by Crippen LogP contribution is 2.54. The van der Waals surface area contributed by atoms with Gasteiger partial charge < -0.3 is 15.0 Å². The number of nitro groups is 1. The second-order valence-electron chi connectivity index (χ2n) is 9.78. The Hall–Kier alpha value is -4.75. The molecule has 3 heterocycles. The third-order valence-electron chi connectivity index (χ3n) is 7.09. The van der Waals surface area contributed by atoms with E-state index in [2.05, 4.69) is 10.3 Å². The molecule has 6 rings (SSSR count). The van der Waals surface area contributed by atoms with Crippen molar-refractivity contribution in [1.29, 1.82) is 0 Å². The summed E-state index contributed by atoms with van der Waals surface area (Å²) in [6, 6.07) is 19.5. The zero-order chi connectivity index (χ0) is 29.5. The van der Waals surface area contributed by atoms with Crippen molar-refractivity contribution in [3.63, 3.8) is 0 Å². The van der Waals surface area contributed by atoms with E-state index in [-0.39, 0.29) is 28.8 Å². The monoisotopic (exact) mass is 602 g/mol. The molecule has 212 valence electrons. The van der Waals surface area contributed by atoms with E-state index in [1.807, 2.05) is 19.1 Å². The number of hydrogen-bond acceptors (Lipinski definition) is 9. The van der Waals surface area contributed by atoms with E-state index in [4.69, 9.17) is 4.74 Å². The smallest absolute Gasteiger partial charge is 0.305 e. The summed E-state index contributed by atoms with van der Waals surface area (Å²) in [5.41, 5.74) is 2.29. The Bertz CT molecular complexity index is 1780. The van der Waals surface area contributed by atoms with Crippen molar-refractivity contribution >= 4 is 57.9 Å². The molecular formula is C29H22N4O7S2. The van der Waals surface area contributed by atoms with Gasteiger partial charge in [0.15, 0.2) is 6.61 Å². The van der Waals surface area contributed by atoms with Gasteiger partial charge in [0.25, 0.3) is 11.6 Å². The average Bonchev–Trinajstić information content (AvgIpc) is 3.47. The molecule has 3 aromatic carbocycles. The number of aromatic nitrogens is 1. The van der Waals surface area contributed by atoms with Crippen LogP contribution >= 0.6 is 23.1 Å². The molecule has 2 aliphatic rings. The van der Waals surface area contributed by atoms with E-state index in [0.717, 1.165) is 33.6 Å². The van der Waals surface area contributed by atoms with Gasteiger partial charge in [0.2, 0.25) is 11.8 Å². The number of non-ortho nitro benzene ring substituents is 1. The maximum Gasteiger partial charge on any atom is 0.305 e. The number of carbonyl (C=O) groups excluding carboxylic acids is 3. The summed E-state index contributed by atoms with van der Waals surface area (Å²) >= 11 is 2.08. The number of ether oxygens (including phenoxy) is 1. The van der Waals surface area contributed by atoms with Gasteiger partial charge in [-0.15, -0.1) is 0 Å². The van der Waals surface area contributed by atoms with Crippen molar-refractivity contribution < 1.29 is 24.0 Å². The summed E-state index contributed by atoms with van der Waals surface area (Å²) in [6.07, 6.45) is 0. The van der Waals surface area contributed by atoms with Crippen LogP contribution in [0.15, 0.2) is 82.6 Å². The summed E-state index contributed by atoms with van der Waals surface area (Å²) in [4.78, 5) is 67.3. The summed E-state index contributed by atoms with van der Waals surface area (Å²) in [7, 11) is 0. The van der Waals surface area contributed by atoms with Crippen molar-refractivity contribution in [3.8, 4) is 5.75 Å². The Kier molecular flexibility index (Phi) is 7.12. The number of H-pyrrole nitrogens is 1. The first kappa shape index (κ1) is 27.4. The number of anilines is 2. The number of amides is 3. The lowest BCUT2D eigenvalue weighted by molar-refractivity contribution is -0.384. The fourth-order valence-corrected chi connectivity index (χ4v) is 7.68. The predicted octanol–water partition coefficient (Wildman–Crippen LogP) is 4.47. The normalized spacial score (nSPS) is 19.3.